The van der Waals surface area contributed by atoms with Crippen LogP contribution < -0.4 is 13.7 Å². The van der Waals surface area contributed by atoms with Gasteiger partial charge >= 0.3 is 10.1 Å². The highest BCUT2D eigenvalue weighted by Gasteiger charge is 2.35. The predicted molar refractivity (Wildman–Crippen MR) is 144 cm³/mol. The molecule has 11 heteroatoms. The number of carbonyl (C=O) groups is 2. The zero-order valence-electron chi connectivity index (χ0n) is 19.8. The number of hydrogen-bond acceptors (Lipinski definition) is 8. The first-order valence-corrected chi connectivity index (χ1v) is 14.1. The summed E-state index contributed by atoms with van der Waals surface area (Å²) in [5, 5.41) is -0.366. The lowest BCUT2D eigenvalue weighted by atomic mass is 10.1. The largest absolute Gasteiger partial charge is 0.497 e. The number of hydrogen-bond donors (Lipinski definition) is 0. The van der Waals surface area contributed by atoms with Crippen molar-refractivity contribution in [3.63, 3.8) is 0 Å². The molecule has 1 aliphatic heterocycles. The fraction of sp³-hybridized carbons (Fsp3) is 0.154. The second-order valence-corrected chi connectivity index (χ2v) is 11.2. The third-order valence-corrected chi connectivity index (χ3v) is 7.93. The van der Waals surface area contributed by atoms with Gasteiger partial charge in [0, 0.05) is 4.47 Å². The third-order valence-electron chi connectivity index (χ3n) is 5.24. The Kier molecular flexibility index (Phi) is 8.25. The fourth-order valence-electron chi connectivity index (χ4n) is 3.42. The Morgan fingerprint density at radius 2 is 1.68 bits per heavy atom. The van der Waals surface area contributed by atoms with Gasteiger partial charge in [0.15, 0.2) is 11.5 Å². The number of benzene rings is 3. The number of methoxy groups -OCH3 is 1. The van der Waals surface area contributed by atoms with Gasteiger partial charge < -0.3 is 13.7 Å². The van der Waals surface area contributed by atoms with Gasteiger partial charge in [0.2, 0.25) is 0 Å². The molecule has 37 heavy (non-hydrogen) atoms. The molecule has 1 saturated heterocycles. The van der Waals surface area contributed by atoms with Crippen molar-refractivity contribution in [2.24, 2.45) is 0 Å². The Bertz CT molecular complexity index is 1450. The topological polar surface area (TPSA) is 99.2 Å². The normalized spacial score (nSPS) is 14.8. The van der Waals surface area contributed by atoms with Gasteiger partial charge in [-0.1, -0.05) is 34.1 Å². The molecule has 0 unspecified atom stereocenters. The Morgan fingerprint density at radius 3 is 2.32 bits per heavy atom. The van der Waals surface area contributed by atoms with Crippen LogP contribution in [0.25, 0.3) is 6.08 Å². The zero-order valence-corrected chi connectivity index (χ0v) is 23.1. The van der Waals surface area contributed by atoms with Gasteiger partial charge in [-0.05, 0) is 84.4 Å². The summed E-state index contributed by atoms with van der Waals surface area (Å²) in [6.07, 6.45) is 1.57. The molecule has 8 nitrogen and oxygen atoms in total. The van der Waals surface area contributed by atoms with Crippen LogP contribution in [0, 0.1) is 0 Å². The standard InChI is InChI=1S/C26H22BrNO7S2/c1-3-34-23-14-18(6-13-22(23)35-37(31,32)21-11-9-20(33-2)10-12-21)15-24-25(29)28(26(30)36-24)16-17-4-7-19(27)8-5-17/h4-15H,3,16H2,1-2H3/b24-15-. The maximum absolute atomic E-state index is 12.9. The van der Waals surface area contributed by atoms with E-state index in [1.807, 2.05) is 24.3 Å². The van der Waals surface area contributed by atoms with E-state index in [0.29, 0.717) is 11.3 Å². The number of imide groups is 1. The van der Waals surface area contributed by atoms with Crippen molar-refractivity contribution in [3.05, 3.63) is 87.2 Å². The molecule has 2 amide bonds. The zero-order chi connectivity index (χ0) is 26.6. The van der Waals surface area contributed by atoms with Crippen molar-refractivity contribution >= 4 is 55.0 Å². The number of halogens is 1. The average Bonchev–Trinajstić information content (AvgIpc) is 3.14. The van der Waals surface area contributed by atoms with Crippen LogP contribution >= 0.6 is 27.7 Å². The highest BCUT2D eigenvalue weighted by Crippen LogP contribution is 2.36. The summed E-state index contributed by atoms with van der Waals surface area (Å²) in [7, 11) is -2.65. The number of amides is 2. The number of thioether (sulfide) groups is 1. The molecular formula is C26H22BrNO7S2. The van der Waals surface area contributed by atoms with Crippen molar-refractivity contribution in [1.29, 1.82) is 0 Å². The SMILES string of the molecule is CCOc1cc(/C=C2\SC(=O)N(Cc3ccc(Br)cc3)C2=O)ccc1OS(=O)(=O)c1ccc(OC)cc1. The fourth-order valence-corrected chi connectivity index (χ4v) is 5.46. The molecule has 0 saturated carbocycles. The highest BCUT2D eigenvalue weighted by molar-refractivity contribution is 9.10. The first-order valence-electron chi connectivity index (χ1n) is 11.1. The third kappa shape index (κ3) is 6.35. The van der Waals surface area contributed by atoms with Crippen LogP contribution in [0.3, 0.4) is 0 Å². The summed E-state index contributed by atoms with van der Waals surface area (Å²) in [4.78, 5) is 26.8. The number of ether oxygens (including phenoxy) is 2. The van der Waals surface area contributed by atoms with Crippen molar-refractivity contribution in [2.45, 2.75) is 18.4 Å². The molecule has 0 aliphatic carbocycles. The van der Waals surface area contributed by atoms with Crippen LogP contribution in [0.1, 0.15) is 18.1 Å². The molecule has 3 aromatic carbocycles. The van der Waals surface area contributed by atoms with Gasteiger partial charge in [0.1, 0.15) is 10.6 Å². The molecule has 0 atom stereocenters. The van der Waals surface area contributed by atoms with Crippen LogP contribution in [0.4, 0.5) is 4.79 Å². The Labute approximate surface area is 227 Å². The van der Waals surface area contributed by atoms with E-state index in [9.17, 15) is 18.0 Å². The number of rotatable bonds is 9. The summed E-state index contributed by atoms with van der Waals surface area (Å²) in [6, 6.07) is 17.8. The average molecular weight is 605 g/mol. The summed E-state index contributed by atoms with van der Waals surface area (Å²) in [5.41, 5.74) is 1.37. The van der Waals surface area contributed by atoms with Gasteiger partial charge in [-0.25, -0.2) is 0 Å². The maximum Gasteiger partial charge on any atom is 0.339 e. The van der Waals surface area contributed by atoms with Crippen LogP contribution in [-0.2, 0) is 21.5 Å². The van der Waals surface area contributed by atoms with Crippen molar-refractivity contribution in [3.8, 4) is 17.2 Å². The minimum Gasteiger partial charge on any atom is -0.497 e. The predicted octanol–water partition coefficient (Wildman–Crippen LogP) is 5.86. The summed E-state index contributed by atoms with van der Waals surface area (Å²) in [6.45, 7) is 2.17. The van der Waals surface area contributed by atoms with E-state index in [-0.39, 0.29) is 39.7 Å². The van der Waals surface area contributed by atoms with Gasteiger partial charge in [0.25, 0.3) is 11.1 Å². The second-order valence-electron chi connectivity index (χ2n) is 7.75. The lowest BCUT2D eigenvalue weighted by Gasteiger charge is -2.13. The summed E-state index contributed by atoms with van der Waals surface area (Å²) in [5.74, 6) is 0.290. The van der Waals surface area contributed by atoms with E-state index in [1.165, 1.54) is 42.3 Å². The molecule has 0 bridgehead atoms. The van der Waals surface area contributed by atoms with Crippen LogP contribution in [-0.4, -0.2) is 38.2 Å². The molecule has 1 heterocycles. The molecule has 3 aromatic rings. The molecule has 0 spiro atoms. The Balaban J connectivity index is 1.55. The first kappa shape index (κ1) is 26.8. The molecule has 0 N–H and O–H groups in total. The van der Waals surface area contributed by atoms with E-state index < -0.39 is 16.0 Å². The maximum atomic E-state index is 12.9. The molecule has 192 valence electrons. The van der Waals surface area contributed by atoms with Crippen molar-refractivity contribution in [1.82, 2.24) is 4.90 Å². The van der Waals surface area contributed by atoms with E-state index >= 15 is 0 Å². The minimum atomic E-state index is -4.13. The number of carbonyl (C=O) groups excluding carboxylic acids is 2. The van der Waals surface area contributed by atoms with Gasteiger partial charge in [-0.15, -0.1) is 0 Å². The molecule has 0 aromatic heterocycles. The summed E-state index contributed by atoms with van der Waals surface area (Å²) < 4.78 is 42.5. The Hall–Kier alpha value is -3.28. The molecule has 0 radical (unpaired) electrons. The van der Waals surface area contributed by atoms with Gasteiger partial charge in [0.05, 0.1) is 25.2 Å². The molecule has 1 fully saturated rings. The Morgan fingerprint density at radius 1 is 0.973 bits per heavy atom. The van der Waals surface area contributed by atoms with E-state index in [2.05, 4.69) is 15.9 Å². The first-order chi connectivity index (χ1) is 17.7. The quantitative estimate of drug-likeness (QED) is 0.221. The lowest BCUT2D eigenvalue weighted by Crippen LogP contribution is -2.27. The van der Waals surface area contributed by atoms with E-state index in [0.717, 1.165) is 21.8 Å². The van der Waals surface area contributed by atoms with E-state index in [1.54, 1.807) is 25.1 Å². The van der Waals surface area contributed by atoms with Crippen molar-refractivity contribution < 1.29 is 31.7 Å². The molecule has 1 aliphatic rings. The van der Waals surface area contributed by atoms with E-state index in [4.69, 9.17) is 13.7 Å². The van der Waals surface area contributed by atoms with Crippen LogP contribution in [0.2, 0.25) is 0 Å². The lowest BCUT2D eigenvalue weighted by molar-refractivity contribution is -0.123. The highest BCUT2D eigenvalue weighted by atomic mass is 79.9. The van der Waals surface area contributed by atoms with Gasteiger partial charge in [-0.3, -0.25) is 14.5 Å². The number of nitrogens with zero attached hydrogens (tertiary/aromatic N) is 1. The second kappa shape index (κ2) is 11.4. The van der Waals surface area contributed by atoms with Crippen molar-refractivity contribution in [2.75, 3.05) is 13.7 Å². The molecular weight excluding hydrogens is 582 g/mol. The van der Waals surface area contributed by atoms with Crippen LogP contribution in [0.15, 0.2) is 81.0 Å². The monoisotopic (exact) mass is 603 g/mol. The molecule has 4 rings (SSSR count). The summed E-state index contributed by atoms with van der Waals surface area (Å²) >= 11 is 4.21. The smallest absolute Gasteiger partial charge is 0.339 e. The van der Waals surface area contributed by atoms with Gasteiger partial charge in [-0.2, -0.15) is 8.42 Å². The minimum absolute atomic E-state index is 0.00170. The van der Waals surface area contributed by atoms with Crippen LogP contribution in [0.5, 0.6) is 17.2 Å².